The molecule has 0 unspecified atom stereocenters. The molecule has 0 spiro atoms. The summed E-state index contributed by atoms with van der Waals surface area (Å²) in [6, 6.07) is 5.96. The van der Waals surface area contributed by atoms with Gasteiger partial charge in [0.25, 0.3) is 10.0 Å². The lowest BCUT2D eigenvalue weighted by Gasteiger charge is -2.38. The van der Waals surface area contributed by atoms with Crippen LogP contribution in [0, 0.1) is 5.82 Å². The minimum Gasteiger partial charge on any atom is -0.309 e. The number of aromatic nitrogens is 2. The standard InChI is InChI=1S/C13H13FN4O3S/c1-17-12(6-7-15-17)22(20,21)16-11-8-18(13(11)19)10-4-2-9(14)3-5-10/h2-7,11,16H,8H2,1H3/t11-/m1/s1. The van der Waals surface area contributed by atoms with E-state index in [0.717, 1.165) is 0 Å². The van der Waals surface area contributed by atoms with Crippen molar-refractivity contribution in [1.82, 2.24) is 14.5 Å². The van der Waals surface area contributed by atoms with Crippen molar-refractivity contribution in [3.05, 3.63) is 42.3 Å². The Morgan fingerprint density at radius 2 is 1.95 bits per heavy atom. The molecule has 1 aliphatic rings. The zero-order valence-electron chi connectivity index (χ0n) is 11.6. The number of β-lactam (4-membered cyclic amide) rings is 1. The van der Waals surface area contributed by atoms with Gasteiger partial charge < -0.3 is 4.90 Å². The molecule has 22 heavy (non-hydrogen) atoms. The van der Waals surface area contributed by atoms with Crippen LogP contribution in [0.25, 0.3) is 0 Å². The first-order valence-electron chi connectivity index (χ1n) is 6.46. The van der Waals surface area contributed by atoms with Crippen LogP contribution < -0.4 is 9.62 Å². The number of halogens is 1. The third-order valence-corrected chi connectivity index (χ3v) is 4.96. The van der Waals surface area contributed by atoms with Gasteiger partial charge in [-0.3, -0.25) is 9.48 Å². The first-order valence-corrected chi connectivity index (χ1v) is 7.94. The summed E-state index contributed by atoms with van der Waals surface area (Å²) < 4.78 is 40.7. The Kier molecular flexibility index (Phi) is 3.45. The van der Waals surface area contributed by atoms with E-state index in [1.807, 2.05) is 0 Å². The van der Waals surface area contributed by atoms with Crippen LogP contribution in [0.15, 0.2) is 41.6 Å². The summed E-state index contributed by atoms with van der Waals surface area (Å²) in [5.74, 6) is -0.775. The van der Waals surface area contributed by atoms with E-state index in [9.17, 15) is 17.6 Å². The number of hydrogen-bond acceptors (Lipinski definition) is 4. The number of benzene rings is 1. The maximum atomic E-state index is 12.9. The van der Waals surface area contributed by atoms with Crippen molar-refractivity contribution in [2.45, 2.75) is 11.1 Å². The Morgan fingerprint density at radius 3 is 2.50 bits per heavy atom. The van der Waals surface area contributed by atoms with E-state index in [1.165, 1.54) is 53.2 Å². The fourth-order valence-electron chi connectivity index (χ4n) is 2.24. The van der Waals surface area contributed by atoms with Crippen molar-refractivity contribution in [1.29, 1.82) is 0 Å². The monoisotopic (exact) mass is 324 g/mol. The second kappa shape index (κ2) is 5.18. The van der Waals surface area contributed by atoms with Gasteiger partial charge >= 0.3 is 0 Å². The van der Waals surface area contributed by atoms with E-state index >= 15 is 0 Å². The Hall–Kier alpha value is -2.26. The maximum Gasteiger partial charge on any atom is 0.258 e. The van der Waals surface area contributed by atoms with E-state index in [4.69, 9.17) is 0 Å². The quantitative estimate of drug-likeness (QED) is 0.817. The fraction of sp³-hybridized carbons (Fsp3) is 0.231. The molecular weight excluding hydrogens is 311 g/mol. The molecular formula is C13H13FN4O3S. The third kappa shape index (κ3) is 2.48. The van der Waals surface area contributed by atoms with Crippen molar-refractivity contribution in [3.63, 3.8) is 0 Å². The smallest absolute Gasteiger partial charge is 0.258 e. The molecule has 0 bridgehead atoms. The number of rotatable bonds is 4. The highest BCUT2D eigenvalue weighted by molar-refractivity contribution is 7.89. The number of hydrogen-bond donors (Lipinski definition) is 1. The molecule has 1 aromatic carbocycles. The Bertz CT molecular complexity index is 816. The van der Waals surface area contributed by atoms with Gasteiger partial charge in [-0.15, -0.1) is 0 Å². The summed E-state index contributed by atoms with van der Waals surface area (Å²) in [6.45, 7) is 0.196. The molecule has 3 rings (SSSR count). The van der Waals surface area contributed by atoms with Crippen molar-refractivity contribution in [3.8, 4) is 0 Å². The molecule has 2 heterocycles. The van der Waals surface area contributed by atoms with E-state index in [0.29, 0.717) is 5.69 Å². The normalized spacial score (nSPS) is 18.4. The fourth-order valence-corrected chi connectivity index (χ4v) is 3.55. The average Bonchev–Trinajstić information content (AvgIpc) is 2.91. The number of nitrogens with zero attached hydrogens (tertiary/aromatic N) is 3. The summed E-state index contributed by atoms with van der Waals surface area (Å²) in [4.78, 5) is 13.4. The van der Waals surface area contributed by atoms with Gasteiger partial charge in [0, 0.05) is 12.7 Å². The molecule has 1 atom stereocenters. The molecule has 1 fully saturated rings. The largest absolute Gasteiger partial charge is 0.309 e. The molecule has 0 aliphatic carbocycles. The lowest BCUT2D eigenvalue weighted by atomic mass is 10.1. The lowest BCUT2D eigenvalue weighted by Crippen LogP contribution is -2.64. The zero-order valence-corrected chi connectivity index (χ0v) is 12.4. The first-order chi connectivity index (χ1) is 10.4. The zero-order chi connectivity index (χ0) is 15.9. The highest BCUT2D eigenvalue weighted by Crippen LogP contribution is 2.23. The van der Waals surface area contributed by atoms with E-state index in [-0.39, 0.29) is 17.5 Å². The predicted molar refractivity (Wildman–Crippen MR) is 76.1 cm³/mol. The average molecular weight is 324 g/mol. The van der Waals surface area contributed by atoms with Crippen molar-refractivity contribution in [2.24, 2.45) is 7.05 Å². The number of anilines is 1. The van der Waals surface area contributed by atoms with Crippen LogP contribution in [0.2, 0.25) is 0 Å². The Morgan fingerprint density at radius 1 is 1.27 bits per heavy atom. The van der Waals surface area contributed by atoms with Gasteiger partial charge in [0.05, 0.1) is 12.7 Å². The molecule has 116 valence electrons. The van der Waals surface area contributed by atoms with Gasteiger partial charge in [0.1, 0.15) is 11.9 Å². The summed E-state index contributed by atoms with van der Waals surface area (Å²) in [5, 5.41) is 3.78. The number of amides is 1. The van der Waals surface area contributed by atoms with Gasteiger partial charge in [-0.05, 0) is 30.3 Å². The van der Waals surface area contributed by atoms with Gasteiger partial charge in [-0.2, -0.15) is 9.82 Å². The molecule has 9 heteroatoms. The van der Waals surface area contributed by atoms with E-state index < -0.39 is 21.9 Å². The van der Waals surface area contributed by atoms with Crippen molar-refractivity contribution < 1.29 is 17.6 Å². The predicted octanol–water partition coefficient (Wildman–Crippen LogP) is 0.253. The van der Waals surface area contributed by atoms with E-state index in [1.54, 1.807) is 0 Å². The van der Waals surface area contributed by atoms with Gasteiger partial charge in [0.15, 0.2) is 5.03 Å². The van der Waals surface area contributed by atoms with Gasteiger partial charge in [0.2, 0.25) is 5.91 Å². The van der Waals surface area contributed by atoms with Gasteiger partial charge in [-0.25, -0.2) is 12.8 Å². The molecule has 1 saturated heterocycles. The highest BCUT2D eigenvalue weighted by atomic mass is 32.2. The van der Waals surface area contributed by atoms with Crippen molar-refractivity contribution in [2.75, 3.05) is 11.4 Å². The maximum absolute atomic E-state index is 12.9. The van der Waals surface area contributed by atoms with Crippen LogP contribution in [-0.2, 0) is 21.9 Å². The molecule has 1 N–H and O–H groups in total. The van der Waals surface area contributed by atoms with Crippen LogP contribution in [0.3, 0.4) is 0 Å². The van der Waals surface area contributed by atoms with Crippen LogP contribution in [0.5, 0.6) is 0 Å². The molecule has 2 aromatic rings. The Balaban J connectivity index is 1.71. The van der Waals surface area contributed by atoms with Crippen LogP contribution in [0.1, 0.15) is 0 Å². The number of nitrogens with one attached hydrogen (secondary N) is 1. The summed E-state index contributed by atoms with van der Waals surface area (Å²) in [5.41, 5.74) is 0.530. The van der Waals surface area contributed by atoms with E-state index in [2.05, 4.69) is 9.82 Å². The molecule has 7 nitrogen and oxygen atoms in total. The molecule has 0 radical (unpaired) electrons. The van der Waals surface area contributed by atoms with Crippen LogP contribution in [-0.4, -0.2) is 36.7 Å². The summed E-state index contributed by atoms with van der Waals surface area (Å²) >= 11 is 0. The second-order valence-electron chi connectivity index (χ2n) is 4.89. The third-order valence-electron chi connectivity index (χ3n) is 3.42. The number of sulfonamides is 1. The first kappa shape index (κ1) is 14.7. The summed E-state index contributed by atoms with van der Waals surface area (Å²) in [7, 11) is -2.31. The van der Waals surface area contributed by atoms with Crippen LogP contribution >= 0.6 is 0 Å². The van der Waals surface area contributed by atoms with Crippen molar-refractivity contribution >= 4 is 21.6 Å². The molecule has 1 aromatic heterocycles. The molecule has 1 amide bonds. The highest BCUT2D eigenvalue weighted by Gasteiger charge is 2.40. The molecule has 1 aliphatic heterocycles. The SMILES string of the molecule is Cn1nccc1S(=O)(=O)N[C@@H]1CN(c2ccc(F)cc2)C1=O. The van der Waals surface area contributed by atoms with Gasteiger partial charge in [-0.1, -0.05) is 0 Å². The van der Waals surface area contributed by atoms with Crippen LogP contribution in [0.4, 0.5) is 10.1 Å². The number of aryl methyl sites for hydroxylation is 1. The number of carbonyl (C=O) groups excluding carboxylic acids is 1. The molecule has 0 saturated carbocycles. The minimum absolute atomic E-state index is 0.0134. The second-order valence-corrected chi connectivity index (χ2v) is 6.55. The minimum atomic E-state index is -3.81. The topological polar surface area (TPSA) is 84.3 Å². The summed E-state index contributed by atoms with van der Waals surface area (Å²) in [6.07, 6.45) is 1.36. The Labute approximate surface area is 126 Å². The number of carbonyl (C=O) groups is 1. The lowest BCUT2D eigenvalue weighted by molar-refractivity contribution is -0.124.